The molecule has 0 spiro atoms. The van der Waals surface area contributed by atoms with Crippen LogP contribution in [0.1, 0.15) is 28.9 Å². The molecule has 0 aliphatic rings. The van der Waals surface area contributed by atoms with Crippen LogP contribution in [0.15, 0.2) is 59.5 Å². The molecular formula is C15H15NO3S. The molecule has 0 aliphatic heterocycles. The van der Waals surface area contributed by atoms with Crippen LogP contribution in [-0.2, 0) is 10.0 Å². The maximum absolute atomic E-state index is 12.2. The van der Waals surface area contributed by atoms with Crippen molar-refractivity contribution in [3.63, 3.8) is 0 Å². The molecule has 0 saturated heterocycles. The molecule has 1 atom stereocenters. The summed E-state index contributed by atoms with van der Waals surface area (Å²) in [4.78, 5) is 10.7. The lowest BCUT2D eigenvalue weighted by Crippen LogP contribution is -2.26. The molecule has 0 heterocycles. The minimum atomic E-state index is -3.60. The predicted molar refractivity (Wildman–Crippen MR) is 77.0 cm³/mol. The van der Waals surface area contributed by atoms with Gasteiger partial charge in [-0.2, -0.15) is 0 Å². The van der Waals surface area contributed by atoms with Gasteiger partial charge in [-0.3, -0.25) is 4.79 Å². The van der Waals surface area contributed by atoms with Crippen molar-refractivity contribution in [1.82, 2.24) is 4.72 Å². The molecule has 0 amide bonds. The summed E-state index contributed by atoms with van der Waals surface area (Å²) >= 11 is 0. The summed E-state index contributed by atoms with van der Waals surface area (Å²) in [6.07, 6.45) is 0.677. The Hall–Kier alpha value is -1.98. The van der Waals surface area contributed by atoms with E-state index in [0.29, 0.717) is 11.8 Å². The largest absolute Gasteiger partial charge is 0.298 e. The lowest BCUT2D eigenvalue weighted by molar-refractivity contribution is 0.112. The monoisotopic (exact) mass is 289 g/mol. The van der Waals surface area contributed by atoms with Gasteiger partial charge in [0.05, 0.1) is 4.90 Å². The molecule has 0 aliphatic carbocycles. The topological polar surface area (TPSA) is 63.2 Å². The summed E-state index contributed by atoms with van der Waals surface area (Å²) in [5, 5.41) is 0. The van der Waals surface area contributed by atoms with Gasteiger partial charge in [0.2, 0.25) is 10.0 Å². The summed E-state index contributed by atoms with van der Waals surface area (Å²) in [7, 11) is -3.60. The fourth-order valence-electron chi connectivity index (χ4n) is 1.84. The van der Waals surface area contributed by atoms with Crippen molar-refractivity contribution < 1.29 is 13.2 Å². The summed E-state index contributed by atoms with van der Waals surface area (Å²) in [5.41, 5.74) is 1.33. The van der Waals surface area contributed by atoms with Gasteiger partial charge in [-0.1, -0.05) is 42.5 Å². The third kappa shape index (κ3) is 3.31. The van der Waals surface area contributed by atoms with E-state index in [0.717, 1.165) is 5.56 Å². The Balaban J connectivity index is 2.20. The quantitative estimate of drug-likeness (QED) is 0.860. The lowest BCUT2D eigenvalue weighted by Gasteiger charge is -2.14. The lowest BCUT2D eigenvalue weighted by atomic mass is 10.1. The SMILES string of the molecule is CC(NS(=O)(=O)c1ccc(C=O)cc1)c1ccccc1. The van der Waals surface area contributed by atoms with Gasteiger partial charge in [0.15, 0.2) is 0 Å². The highest BCUT2D eigenvalue weighted by molar-refractivity contribution is 7.89. The number of carbonyl (C=O) groups excluding carboxylic acids is 1. The van der Waals surface area contributed by atoms with Crippen LogP contribution < -0.4 is 4.72 Å². The van der Waals surface area contributed by atoms with E-state index in [2.05, 4.69) is 4.72 Å². The Labute approximate surface area is 118 Å². The fraction of sp³-hybridized carbons (Fsp3) is 0.133. The third-order valence-electron chi connectivity index (χ3n) is 2.96. The molecule has 5 heteroatoms. The third-order valence-corrected chi connectivity index (χ3v) is 4.51. The zero-order chi connectivity index (χ0) is 14.6. The van der Waals surface area contributed by atoms with Crippen LogP contribution in [0.3, 0.4) is 0 Å². The molecule has 0 saturated carbocycles. The van der Waals surface area contributed by atoms with Gasteiger partial charge in [-0.15, -0.1) is 0 Å². The number of benzene rings is 2. The highest BCUT2D eigenvalue weighted by Gasteiger charge is 2.17. The summed E-state index contributed by atoms with van der Waals surface area (Å²) < 4.78 is 27.0. The normalized spacial score (nSPS) is 12.8. The molecule has 1 unspecified atom stereocenters. The van der Waals surface area contributed by atoms with Crippen molar-refractivity contribution in [2.75, 3.05) is 0 Å². The minimum Gasteiger partial charge on any atom is -0.298 e. The predicted octanol–water partition coefficient (Wildman–Crippen LogP) is 2.54. The molecule has 0 fully saturated rings. The molecule has 2 rings (SSSR count). The number of nitrogens with one attached hydrogen (secondary N) is 1. The number of carbonyl (C=O) groups is 1. The first-order valence-electron chi connectivity index (χ1n) is 6.15. The zero-order valence-electron chi connectivity index (χ0n) is 11.0. The van der Waals surface area contributed by atoms with Crippen LogP contribution >= 0.6 is 0 Å². The van der Waals surface area contributed by atoms with Crippen molar-refractivity contribution in [3.8, 4) is 0 Å². The number of hydrogen-bond acceptors (Lipinski definition) is 3. The summed E-state index contributed by atoms with van der Waals surface area (Å²) in [6, 6.07) is 14.8. The van der Waals surface area contributed by atoms with Crippen LogP contribution in [0.5, 0.6) is 0 Å². The number of hydrogen-bond donors (Lipinski definition) is 1. The highest BCUT2D eigenvalue weighted by atomic mass is 32.2. The molecular weight excluding hydrogens is 274 g/mol. The van der Waals surface area contributed by atoms with E-state index in [-0.39, 0.29) is 10.9 Å². The van der Waals surface area contributed by atoms with Crippen LogP contribution in [-0.4, -0.2) is 14.7 Å². The van der Waals surface area contributed by atoms with Crippen molar-refractivity contribution in [2.24, 2.45) is 0 Å². The Kier molecular flexibility index (Phi) is 4.32. The Bertz CT molecular complexity index is 679. The van der Waals surface area contributed by atoms with Gasteiger partial charge in [0.25, 0.3) is 0 Å². The van der Waals surface area contributed by atoms with Crippen LogP contribution in [0, 0.1) is 0 Å². The number of rotatable bonds is 5. The van der Waals surface area contributed by atoms with E-state index < -0.39 is 10.0 Å². The van der Waals surface area contributed by atoms with Crippen LogP contribution in [0.4, 0.5) is 0 Å². The van der Waals surface area contributed by atoms with Crippen molar-refractivity contribution >= 4 is 16.3 Å². The van der Waals surface area contributed by atoms with E-state index in [1.165, 1.54) is 24.3 Å². The maximum Gasteiger partial charge on any atom is 0.241 e. The fourth-order valence-corrected chi connectivity index (χ4v) is 3.07. The molecule has 4 nitrogen and oxygen atoms in total. The molecule has 0 radical (unpaired) electrons. The summed E-state index contributed by atoms with van der Waals surface area (Å²) in [5.74, 6) is 0. The second kappa shape index (κ2) is 5.98. The van der Waals surface area contributed by atoms with Gasteiger partial charge in [0, 0.05) is 11.6 Å². The highest BCUT2D eigenvalue weighted by Crippen LogP contribution is 2.16. The molecule has 20 heavy (non-hydrogen) atoms. The Morgan fingerprint density at radius 2 is 1.60 bits per heavy atom. The number of sulfonamides is 1. The smallest absolute Gasteiger partial charge is 0.241 e. The molecule has 1 N–H and O–H groups in total. The van der Waals surface area contributed by atoms with Crippen molar-refractivity contribution in [2.45, 2.75) is 17.9 Å². The average Bonchev–Trinajstić information content (AvgIpc) is 2.48. The van der Waals surface area contributed by atoms with E-state index in [1.807, 2.05) is 30.3 Å². The molecule has 0 bridgehead atoms. The maximum atomic E-state index is 12.2. The second-order valence-corrected chi connectivity index (χ2v) is 6.15. The Morgan fingerprint density at radius 1 is 1.00 bits per heavy atom. The van der Waals surface area contributed by atoms with E-state index in [1.54, 1.807) is 6.92 Å². The van der Waals surface area contributed by atoms with Crippen molar-refractivity contribution in [1.29, 1.82) is 0 Å². The standard InChI is InChI=1S/C15H15NO3S/c1-12(14-5-3-2-4-6-14)16-20(18,19)15-9-7-13(11-17)8-10-15/h2-12,16H,1H3. The molecule has 0 aromatic heterocycles. The minimum absolute atomic E-state index is 0.144. The summed E-state index contributed by atoms with van der Waals surface area (Å²) in [6.45, 7) is 1.78. The first-order valence-corrected chi connectivity index (χ1v) is 7.64. The molecule has 2 aromatic carbocycles. The van der Waals surface area contributed by atoms with E-state index >= 15 is 0 Å². The van der Waals surface area contributed by atoms with Crippen molar-refractivity contribution in [3.05, 3.63) is 65.7 Å². The second-order valence-electron chi connectivity index (χ2n) is 4.44. The van der Waals surface area contributed by atoms with Gasteiger partial charge in [-0.25, -0.2) is 13.1 Å². The number of aldehydes is 1. The van der Waals surface area contributed by atoms with Crippen LogP contribution in [0.25, 0.3) is 0 Å². The van der Waals surface area contributed by atoms with Gasteiger partial charge in [0.1, 0.15) is 6.29 Å². The van der Waals surface area contributed by atoms with Crippen LogP contribution in [0.2, 0.25) is 0 Å². The molecule has 104 valence electrons. The molecule has 2 aromatic rings. The average molecular weight is 289 g/mol. The van der Waals surface area contributed by atoms with Gasteiger partial charge < -0.3 is 0 Å². The van der Waals surface area contributed by atoms with E-state index in [4.69, 9.17) is 0 Å². The first kappa shape index (κ1) is 14.4. The first-order chi connectivity index (χ1) is 9.53. The van der Waals surface area contributed by atoms with Gasteiger partial charge in [-0.05, 0) is 24.6 Å². The van der Waals surface area contributed by atoms with Gasteiger partial charge >= 0.3 is 0 Å². The van der Waals surface area contributed by atoms with E-state index in [9.17, 15) is 13.2 Å². The zero-order valence-corrected chi connectivity index (χ0v) is 11.8. The Morgan fingerprint density at radius 3 is 2.15 bits per heavy atom.